The summed E-state index contributed by atoms with van der Waals surface area (Å²) in [6, 6.07) is 21.1. The lowest BCUT2D eigenvalue weighted by Crippen LogP contribution is -2.09. The third-order valence-corrected chi connectivity index (χ3v) is 4.27. The molecule has 2 nitrogen and oxygen atoms in total. The average molecular weight is 307 g/mol. The number of benzene rings is 4. The summed E-state index contributed by atoms with van der Waals surface area (Å²) in [5.74, 6) is 0. The smallest absolute Gasteiger partial charge is 0.0641 e. The minimum absolute atomic E-state index is 0. The molecule has 0 saturated heterocycles. The Morgan fingerprint density at radius 2 is 1.45 bits per heavy atom. The second-order valence-corrected chi connectivity index (χ2v) is 5.48. The van der Waals surface area contributed by atoms with E-state index < -0.39 is 0 Å². The van der Waals surface area contributed by atoms with E-state index in [-0.39, 0.29) is 18.4 Å². The maximum Gasteiger partial charge on any atom is 0.0641 e. The van der Waals surface area contributed by atoms with E-state index in [4.69, 9.17) is 11.0 Å². The van der Waals surface area contributed by atoms with Crippen molar-refractivity contribution in [3.8, 4) is 6.07 Å². The number of nitriles is 1. The Morgan fingerprint density at radius 3 is 2.14 bits per heavy atom. The summed E-state index contributed by atoms with van der Waals surface area (Å²) in [5.41, 5.74) is 7.24. The van der Waals surface area contributed by atoms with E-state index in [2.05, 4.69) is 60.7 Å². The second kappa shape index (κ2) is 5.46. The largest absolute Gasteiger partial charge is 0.323 e. The van der Waals surface area contributed by atoms with Gasteiger partial charge in [-0.15, -0.1) is 12.4 Å². The van der Waals surface area contributed by atoms with E-state index in [9.17, 15) is 0 Å². The summed E-state index contributed by atoms with van der Waals surface area (Å²) < 4.78 is 0. The van der Waals surface area contributed by atoms with Crippen molar-refractivity contribution < 1.29 is 0 Å². The van der Waals surface area contributed by atoms with Gasteiger partial charge >= 0.3 is 0 Å². The zero-order chi connectivity index (χ0) is 14.4. The van der Waals surface area contributed by atoms with Crippen LogP contribution in [0.1, 0.15) is 18.0 Å². The molecule has 0 aliphatic heterocycles. The first-order chi connectivity index (χ1) is 10.3. The average Bonchev–Trinajstić information content (AvgIpc) is 2.52. The van der Waals surface area contributed by atoms with Crippen LogP contribution in [-0.4, -0.2) is 0 Å². The number of nitrogens with zero attached hydrogens (tertiary/aromatic N) is 1. The van der Waals surface area contributed by atoms with Gasteiger partial charge in [0, 0.05) is 6.04 Å². The molecule has 0 aliphatic rings. The van der Waals surface area contributed by atoms with Gasteiger partial charge in [0.05, 0.1) is 12.5 Å². The molecule has 4 aromatic rings. The number of hydrogen-bond donors (Lipinski definition) is 1. The first-order valence-electron chi connectivity index (χ1n) is 7.08. The Morgan fingerprint density at radius 1 is 0.864 bits per heavy atom. The van der Waals surface area contributed by atoms with Crippen molar-refractivity contribution in [2.75, 3.05) is 0 Å². The zero-order valence-electron chi connectivity index (χ0n) is 11.9. The molecule has 0 aromatic heterocycles. The quantitative estimate of drug-likeness (QED) is 0.534. The van der Waals surface area contributed by atoms with Gasteiger partial charge in [0.25, 0.3) is 0 Å². The highest BCUT2D eigenvalue weighted by Gasteiger charge is 2.14. The van der Waals surface area contributed by atoms with Crippen LogP contribution in [-0.2, 0) is 0 Å². The summed E-state index contributed by atoms with van der Waals surface area (Å²) in [7, 11) is 0. The molecule has 0 aliphatic carbocycles. The minimum Gasteiger partial charge on any atom is -0.323 e. The van der Waals surface area contributed by atoms with E-state index in [0.717, 1.165) is 5.56 Å². The molecule has 0 bridgehead atoms. The molecule has 0 saturated carbocycles. The fourth-order valence-corrected chi connectivity index (χ4v) is 3.29. The summed E-state index contributed by atoms with van der Waals surface area (Å²) >= 11 is 0. The van der Waals surface area contributed by atoms with Crippen LogP contribution in [0.25, 0.3) is 32.3 Å². The molecule has 108 valence electrons. The summed E-state index contributed by atoms with van der Waals surface area (Å²) in [4.78, 5) is 0. The van der Waals surface area contributed by atoms with Crippen molar-refractivity contribution >= 4 is 44.7 Å². The van der Waals surface area contributed by atoms with Gasteiger partial charge in [-0.2, -0.15) is 5.26 Å². The van der Waals surface area contributed by atoms with Crippen LogP contribution >= 0.6 is 12.4 Å². The normalized spacial score (nSPS) is 12.4. The maximum atomic E-state index is 8.91. The van der Waals surface area contributed by atoms with Crippen molar-refractivity contribution in [1.29, 1.82) is 5.26 Å². The van der Waals surface area contributed by atoms with Crippen molar-refractivity contribution in [1.82, 2.24) is 0 Å². The molecule has 0 radical (unpaired) electrons. The highest BCUT2D eigenvalue weighted by atomic mass is 35.5. The van der Waals surface area contributed by atoms with Gasteiger partial charge < -0.3 is 5.73 Å². The van der Waals surface area contributed by atoms with Gasteiger partial charge in [0.1, 0.15) is 0 Å². The highest BCUT2D eigenvalue weighted by molar-refractivity contribution is 6.23. The number of nitrogens with two attached hydrogens (primary N) is 1. The standard InChI is InChI=1S/C19H14N2.ClH/c20-11-10-17(21)15-8-6-14-5-4-12-2-1-3-13-7-9-16(15)19(14)18(12)13;/h1-9,17H,10,21H2;1H/t17-;/m0./s1. The maximum absolute atomic E-state index is 8.91. The third kappa shape index (κ3) is 1.99. The molecule has 0 heterocycles. The van der Waals surface area contributed by atoms with Gasteiger partial charge in [0.2, 0.25) is 0 Å². The molecule has 0 unspecified atom stereocenters. The fraction of sp³-hybridized carbons (Fsp3) is 0.105. The number of rotatable bonds is 2. The van der Waals surface area contributed by atoms with Gasteiger partial charge in [-0.3, -0.25) is 0 Å². The van der Waals surface area contributed by atoms with Crippen molar-refractivity contribution in [2.24, 2.45) is 5.73 Å². The minimum atomic E-state index is -0.237. The molecule has 0 spiro atoms. The zero-order valence-corrected chi connectivity index (χ0v) is 12.7. The van der Waals surface area contributed by atoms with E-state index >= 15 is 0 Å². The topological polar surface area (TPSA) is 49.8 Å². The molecule has 0 amide bonds. The third-order valence-electron chi connectivity index (χ3n) is 4.27. The predicted molar refractivity (Wildman–Crippen MR) is 94.6 cm³/mol. The van der Waals surface area contributed by atoms with E-state index in [1.165, 1.54) is 32.3 Å². The summed E-state index contributed by atoms with van der Waals surface area (Å²) in [6.07, 6.45) is 0.337. The van der Waals surface area contributed by atoms with E-state index in [1.54, 1.807) is 0 Å². The van der Waals surface area contributed by atoms with Crippen LogP contribution < -0.4 is 5.73 Å². The second-order valence-electron chi connectivity index (χ2n) is 5.48. The van der Waals surface area contributed by atoms with Crippen molar-refractivity contribution in [2.45, 2.75) is 12.5 Å². The molecule has 0 fully saturated rings. The fourth-order valence-electron chi connectivity index (χ4n) is 3.29. The van der Waals surface area contributed by atoms with Crippen LogP contribution in [0.15, 0.2) is 54.6 Å². The van der Waals surface area contributed by atoms with E-state index in [1.807, 2.05) is 0 Å². The molecule has 3 heteroatoms. The summed E-state index contributed by atoms with van der Waals surface area (Å²) in [6.45, 7) is 0. The van der Waals surface area contributed by atoms with Crippen LogP contribution in [0.2, 0.25) is 0 Å². The molecule has 4 aromatic carbocycles. The molecular weight excluding hydrogens is 292 g/mol. The molecule has 4 rings (SSSR count). The SMILES string of the molecule is Cl.N#CC[C@H](N)c1ccc2ccc3cccc4ccc1c2c34. The lowest BCUT2D eigenvalue weighted by Gasteiger charge is -2.16. The Hall–Kier alpha value is -2.34. The molecule has 1 atom stereocenters. The lowest BCUT2D eigenvalue weighted by atomic mass is 9.89. The summed E-state index contributed by atoms with van der Waals surface area (Å²) in [5, 5.41) is 16.3. The van der Waals surface area contributed by atoms with Gasteiger partial charge in [-0.05, 0) is 37.9 Å². The van der Waals surface area contributed by atoms with Crippen molar-refractivity contribution in [3.63, 3.8) is 0 Å². The Balaban J connectivity index is 0.00000144. The molecular formula is C19H15ClN2. The van der Waals surface area contributed by atoms with Crippen LogP contribution in [0, 0.1) is 11.3 Å². The number of hydrogen-bond acceptors (Lipinski definition) is 2. The lowest BCUT2D eigenvalue weighted by molar-refractivity contribution is 0.755. The highest BCUT2D eigenvalue weighted by Crippen LogP contribution is 2.37. The van der Waals surface area contributed by atoms with Gasteiger partial charge in [-0.25, -0.2) is 0 Å². The Kier molecular flexibility index (Phi) is 3.62. The first-order valence-corrected chi connectivity index (χ1v) is 7.08. The Labute approximate surface area is 134 Å². The molecule has 22 heavy (non-hydrogen) atoms. The van der Waals surface area contributed by atoms with Crippen LogP contribution in [0.4, 0.5) is 0 Å². The predicted octanol–water partition coefficient (Wildman–Crippen LogP) is 4.92. The van der Waals surface area contributed by atoms with Crippen LogP contribution in [0.5, 0.6) is 0 Å². The molecule has 2 N–H and O–H groups in total. The first kappa shape index (κ1) is 14.6. The van der Waals surface area contributed by atoms with Gasteiger partial charge in [0.15, 0.2) is 0 Å². The Bertz CT molecular complexity index is 985. The van der Waals surface area contributed by atoms with Crippen molar-refractivity contribution in [3.05, 3.63) is 60.2 Å². The monoisotopic (exact) mass is 306 g/mol. The van der Waals surface area contributed by atoms with E-state index in [0.29, 0.717) is 6.42 Å². The number of halogens is 1. The van der Waals surface area contributed by atoms with Crippen LogP contribution in [0.3, 0.4) is 0 Å². The van der Waals surface area contributed by atoms with Gasteiger partial charge in [-0.1, -0.05) is 54.6 Å².